The maximum Gasteiger partial charge on any atom is 0.245 e. The Balaban J connectivity index is 1.33. The third-order valence-corrected chi connectivity index (χ3v) is 11.0. The van der Waals surface area contributed by atoms with E-state index in [1.165, 1.54) is 19.3 Å². The lowest BCUT2D eigenvalue weighted by molar-refractivity contribution is -0.139. The van der Waals surface area contributed by atoms with Crippen LogP contribution in [0, 0.1) is 16.7 Å². The van der Waals surface area contributed by atoms with Crippen LogP contribution in [0.3, 0.4) is 0 Å². The van der Waals surface area contributed by atoms with E-state index < -0.39 is 21.2 Å². The highest BCUT2D eigenvalue weighted by atomic mass is 79.9. The highest BCUT2D eigenvalue weighted by Crippen LogP contribution is 2.66. The summed E-state index contributed by atoms with van der Waals surface area (Å²) >= 11 is 3.39. The second-order valence-corrected chi connectivity index (χ2v) is 15.4. The standard InChI is InChI=1S/C29H34BrN3O3S/c1-27-12-19-13-28(2,16-27)18-29(14-19,17-27)32-26(34)25(11-20-15-31-24-6-4-3-5-23(20)24)37(35,36)33-22-9-7-21(30)8-10-22/h3-10,15,19,25,31,33H,11-14,16-18H2,1-2H3,(H,32,34). The number of carbonyl (C=O) groups excluding carboxylic acids is 1. The van der Waals surface area contributed by atoms with Gasteiger partial charge >= 0.3 is 0 Å². The quantitative estimate of drug-likeness (QED) is 0.311. The van der Waals surface area contributed by atoms with Crippen molar-refractivity contribution in [3.63, 3.8) is 0 Å². The minimum atomic E-state index is -4.04. The fourth-order valence-electron chi connectivity index (χ4n) is 8.53. The molecule has 3 unspecified atom stereocenters. The Morgan fingerprint density at radius 2 is 1.70 bits per heavy atom. The zero-order valence-electron chi connectivity index (χ0n) is 21.3. The number of nitrogens with one attached hydrogen (secondary N) is 3. The van der Waals surface area contributed by atoms with Gasteiger partial charge in [-0.2, -0.15) is 0 Å². The maximum absolute atomic E-state index is 14.0. The number of fused-ring (bicyclic) bond motifs is 1. The number of para-hydroxylation sites is 1. The normalized spacial score (nSPS) is 31.4. The van der Waals surface area contributed by atoms with Gasteiger partial charge in [-0.25, -0.2) is 8.42 Å². The van der Waals surface area contributed by atoms with Crippen molar-refractivity contribution in [2.24, 2.45) is 16.7 Å². The van der Waals surface area contributed by atoms with Gasteiger partial charge in [0.25, 0.3) is 0 Å². The number of aromatic nitrogens is 1. The number of aromatic amines is 1. The van der Waals surface area contributed by atoms with Gasteiger partial charge in [-0.15, -0.1) is 0 Å². The molecule has 0 radical (unpaired) electrons. The Kier molecular flexibility index (Phi) is 5.81. The number of hydrogen-bond donors (Lipinski definition) is 3. The van der Waals surface area contributed by atoms with Crippen LogP contribution in [0.5, 0.6) is 0 Å². The summed E-state index contributed by atoms with van der Waals surface area (Å²) in [5.74, 6) is 0.195. The molecule has 4 bridgehead atoms. The number of benzene rings is 2. The molecule has 0 saturated heterocycles. The summed E-state index contributed by atoms with van der Waals surface area (Å²) in [5, 5.41) is 3.04. The minimum absolute atomic E-state index is 0.0930. The van der Waals surface area contributed by atoms with Gasteiger partial charge in [0.05, 0.1) is 0 Å². The molecule has 4 saturated carbocycles. The van der Waals surface area contributed by atoms with E-state index in [2.05, 4.69) is 44.8 Å². The molecule has 0 spiro atoms. The summed E-state index contributed by atoms with van der Waals surface area (Å²) in [6, 6.07) is 14.7. The van der Waals surface area contributed by atoms with Crippen molar-refractivity contribution in [3.05, 3.63) is 64.8 Å². The molecule has 37 heavy (non-hydrogen) atoms. The average Bonchev–Trinajstić information content (AvgIpc) is 3.19. The van der Waals surface area contributed by atoms with Crippen molar-refractivity contribution >= 4 is 48.5 Å². The van der Waals surface area contributed by atoms with Crippen molar-refractivity contribution in [1.29, 1.82) is 0 Å². The fraction of sp³-hybridized carbons (Fsp3) is 0.483. The molecule has 7 rings (SSSR count). The molecule has 3 aromatic rings. The molecule has 0 aliphatic heterocycles. The van der Waals surface area contributed by atoms with Crippen molar-refractivity contribution < 1.29 is 13.2 Å². The van der Waals surface area contributed by atoms with Gasteiger partial charge in [-0.1, -0.05) is 48.0 Å². The summed E-state index contributed by atoms with van der Waals surface area (Å²) in [6.07, 6.45) is 8.34. The number of hydrogen-bond acceptors (Lipinski definition) is 3. The Labute approximate surface area is 227 Å². The lowest BCUT2D eigenvalue weighted by atomic mass is 9.43. The number of H-pyrrole nitrogens is 1. The van der Waals surface area contributed by atoms with Crippen LogP contribution in [0.15, 0.2) is 59.2 Å². The van der Waals surface area contributed by atoms with Crippen molar-refractivity contribution in [2.75, 3.05) is 4.72 Å². The van der Waals surface area contributed by atoms with Gasteiger partial charge in [-0.3, -0.25) is 9.52 Å². The summed E-state index contributed by atoms with van der Waals surface area (Å²) in [7, 11) is -4.04. The van der Waals surface area contributed by atoms with Gasteiger partial charge in [0.2, 0.25) is 15.9 Å². The van der Waals surface area contributed by atoms with E-state index in [1.54, 1.807) is 24.3 Å². The predicted molar refractivity (Wildman–Crippen MR) is 151 cm³/mol. The number of rotatable bonds is 7. The van der Waals surface area contributed by atoms with Crippen LogP contribution in [0.4, 0.5) is 5.69 Å². The van der Waals surface area contributed by atoms with Crippen molar-refractivity contribution in [2.45, 2.75) is 69.6 Å². The van der Waals surface area contributed by atoms with Gasteiger partial charge in [0, 0.05) is 39.2 Å². The topological polar surface area (TPSA) is 91.1 Å². The smallest absolute Gasteiger partial charge is 0.245 e. The van der Waals surface area contributed by atoms with Crippen LogP contribution in [0.25, 0.3) is 10.9 Å². The zero-order valence-corrected chi connectivity index (χ0v) is 23.7. The number of amides is 1. The Bertz CT molecular complexity index is 1450. The van der Waals surface area contributed by atoms with Gasteiger partial charge < -0.3 is 10.3 Å². The molecule has 1 heterocycles. The zero-order chi connectivity index (χ0) is 26.1. The first-order valence-corrected chi connectivity index (χ1v) is 15.4. The SMILES string of the molecule is CC12CC3CC(C)(C1)CC(NC(=O)C(Cc1c[nH]c4ccccc14)S(=O)(=O)Nc1ccc(Br)cc1)(C3)C2. The first-order valence-electron chi connectivity index (χ1n) is 13.1. The summed E-state index contributed by atoms with van der Waals surface area (Å²) in [5.41, 5.74) is 2.28. The van der Waals surface area contributed by atoms with Crippen LogP contribution in [0.2, 0.25) is 0 Å². The molecule has 1 aromatic heterocycles. The maximum atomic E-state index is 14.0. The fourth-order valence-corrected chi connectivity index (χ4v) is 10.1. The van der Waals surface area contributed by atoms with Gasteiger partial charge in [0.1, 0.15) is 0 Å². The van der Waals surface area contributed by atoms with E-state index >= 15 is 0 Å². The van der Waals surface area contributed by atoms with Crippen LogP contribution in [-0.4, -0.2) is 30.1 Å². The third kappa shape index (κ3) is 4.71. The molecule has 196 valence electrons. The highest BCUT2D eigenvalue weighted by molar-refractivity contribution is 9.10. The number of anilines is 1. The molecule has 3 atom stereocenters. The summed E-state index contributed by atoms with van der Waals surface area (Å²) in [6.45, 7) is 4.71. The molecule has 4 aliphatic rings. The number of carbonyl (C=O) groups is 1. The van der Waals surface area contributed by atoms with Gasteiger partial charge in [0.15, 0.2) is 5.25 Å². The molecule has 4 aliphatic carbocycles. The second-order valence-electron chi connectivity index (χ2n) is 12.6. The Morgan fingerprint density at radius 1 is 1.03 bits per heavy atom. The summed E-state index contributed by atoms with van der Waals surface area (Å²) < 4.78 is 31.2. The van der Waals surface area contributed by atoms with Crippen molar-refractivity contribution in [1.82, 2.24) is 10.3 Å². The molecule has 6 nitrogen and oxygen atoms in total. The Morgan fingerprint density at radius 3 is 2.38 bits per heavy atom. The molecular weight excluding hydrogens is 550 g/mol. The predicted octanol–water partition coefficient (Wildman–Crippen LogP) is 6.15. The van der Waals surface area contributed by atoms with E-state index in [9.17, 15) is 13.2 Å². The van der Waals surface area contributed by atoms with Gasteiger partial charge in [-0.05, 0) is 91.2 Å². The minimum Gasteiger partial charge on any atom is -0.361 e. The lowest BCUT2D eigenvalue weighted by Crippen LogP contribution is -2.66. The first kappa shape index (κ1) is 25.0. The van der Waals surface area contributed by atoms with Crippen LogP contribution in [-0.2, 0) is 21.2 Å². The third-order valence-electron chi connectivity index (χ3n) is 8.87. The average molecular weight is 585 g/mol. The molecule has 8 heteroatoms. The second kappa shape index (κ2) is 8.60. The highest BCUT2D eigenvalue weighted by Gasteiger charge is 2.61. The van der Waals surface area contributed by atoms with E-state index in [0.717, 1.165) is 40.2 Å². The van der Waals surface area contributed by atoms with E-state index in [1.807, 2.05) is 30.5 Å². The largest absolute Gasteiger partial charge is 0.361 e. The van der Waals surface area contributed by atoms with E-state index in [-0.39, 0.29) is 22.8 Å². The van der Waals surface area contributed by atoms with E-state index in [4.69, 9.17) is 0 Å². The van der Waals surface area contributed by atoms with Crippen LogP contribution in [0.1, 0.15) is 57.9 Å². The molecule has 4 fully saturated rings. The van der Waals surface area contributed by atoms with Crippen LogP contribution >= 0.6 is 15.9 Å². The molecule has 2 aromatic carbocycles. The molecular formula is C29H34BrN3O3S. The lowest BCUT2D eigenvalue weighted by Gasteiger charge is -2.65. The summed E-state index contributed by atoms with van der Waals surface area (Å²) in [4.78, 5) is 17.3. The molecule has 1 amide bonds. The number of sulfonamides is 1. The Hall–Kier alpha value is -2.32. The van der Waals surface area contributed by atoms with Crippen LogP contribution < -0.4 is 10.0 Å². The molecule has 3 N–H and O–H groups in total. The monoisotopic (exact) mass is 583 g/mol. The number of halogens is 1. The first-order chi connectivity index (χ1) is 17.5. The van der Waals surface area contributed by atoms with Crippen molar-refractivity contribution in [3.8, 4) is 0 Å². The van der Waals surface area contributed by atoms with E-state index in [0.29, 0.717) is 11.6 Å².